The van der Waals surface area contributed by atoms with Crippen LogP contribution >= 0.6 is 0 Å². The summed E-state index contributed by atoms with van der Waals surface area (Å²) in [4.78, 5) is 25.4. The molecule has 0 N–H and O–H groups in total. The molecule has 4 saturated carbocycles. The molecule has 206 valence electrons. The number of hydrogen-bond acceptors (Lipinski definition) is 4. The van der Waals surface area contributed by atoms with Gasteiger partial charge in [-0.3, -0.25) is 9.59 Å². The Morgan fingerprint density at radius 1 is 0.868 bits per heavy atom. The lowest BCUT2D eigenvalue weighted by Crippen LogP contribution is -2.51. The van der Waals surface area contributed by atoms with E-state index >= 15 is 0 Å². The highest BCUT2D eigenvalue weighted by molar-refractivity contribution is 5.74. The molecule has 38 heavy (non-hydrogen) atoms. The number of hydrogen-bond donors (Lipinski definition) is 0. The molecule has 0 radical (unpaired) electrons. The number of rotatable bonds is 4. The second kappa shape index (κ2) is 10.1. The van der Waals surface area contributed by atoms with Crippen LogP contribution < -0.4 is 0 Å². The number of fused-ring (bicyclic) bond motifs is 5. The minimum atomic E-state index is -0.159. The van der Waals surface area contributed by atoms with Gasteiger partial charge in [-0.1, -0.05) is 62.2 Å². The molecule has 0 aromatic heterocycles. The lowest BCUT2D eigenvalue weighted by atomic mass is 9.47. The second-order valence-electron chi connectivity index (χ2n) is 13.7. The van der Waals surface area contributed by atoms with Crippen molar-refractivity contribution in [3.63, 3.8) is 0 Å². The van der Waals surface area contributed by atoms with E-state index in [4.69, 9.17) is 9.47 Å². The number of carbonyl (C=O) groups is 2. The largest absolute Gasteiger partial charge is 0.462 e. The van der Waals surface area contributed by atoms with Gasteiger partial charge in [-0.25, -0.2) is 0 Å². The SMILES string of the molecule is CC(=O)O[C@H]1CC[C@@]2(C)C(=CC[C@H]3[C@@H]4CC[C@H](C(=O)O[C@@H]5CCCC[C@H]5c5ccccc5)[C@@]4(C)CC[C@@H]32)C1. The second-order valence-corrected chi connectivity index (χ2v) is 13.7. The van der Waals surface area contributed by atoms with Crippen LogP contribution in [0.4, 0.5) is 0 Å². The molecule has 0 amide bonds. The minimum absolute atomic E-state index is 0.0177. The smallest absolute Gasteiger partial charge is 0.309 e. The van der Waals surface area contributed by atoms with Crippen molar-refractivity contribution in [2.45, 2.75) is 116 Å². The third-order valence-electron chi connectivity index (χ3n) is 11.9. The molecule has 4 fully saturated rings. The predicted octanol–water partition coefficient (Wildman–Crippen LogP) is 7.77. The number of ether oxygens (including phenoxy) is 2. The van der Waals surface area contributed by atoms with E-state index in [1.54, 1.807) is 0 Å². The molecule has 0 bridgehead atoms. The molecule has 5 aliphatic rings. The van der Waals surface area contributed by atoms with Crippen LogP contribution in [0.25, 0.3) is 0 Å². The fraction of sp³-hybridized carbons (Fsp3) is 0.706. The topological polar surface area (TPSA) is 52.6 Å². The molecule has 0 unspecified atom stereocenters. The van der Waals surface area contributed by atoms with Crippen LogP contribution in [0.15, 0.2) is 42.0 Å². The van der Waals surface area contributed by atoms with Gasteiger partial charge in [-0.2, -0.15) is 0 Å². The summed E-state index contributed by atoms with van der Waals surface area (Å²) in [6.45, 7) is 6.43. The Hall–Kier alpha value is -2.10. The summed E-state index contributed by atoms with van der Waals surface area (Å²) < 4.78 is 12.1. The first-order chi connectivity index (χ1) is 18.3. The van der Waals surface area contributed by atoms with Gasteiger partial charge >= 0.3 is 11.9 Å². The van der Waals surface area contributed by atoms with Crippen LogP contribution in [0, 0.1) is 34.5 Å². The van der Waals surface area contributed by atoms with Crippen molar-refractivity contribution >= 4 is 11.9 Å². The number of carbonyl (C=O) groups excluding carboxylic acids is 2. The highest BCUT2D eigenvalue weighted by atomic mass is 16.5. The van der Waals surface area contributed by atoms with E-state index < -0.39 is 0 Å². The molecule has 5 aliphatic carbocycles. The van der Waals surface area contributed by atoms with Crippen LogP contribution in [0.1, 0.15) is 109 Å². The van der Waals surface area contributed by atoms with Crippen LogP contribution in [0.5, 0.6) is 0 Å². The van der Waals surface area contributed by atoms with E-state index in [-0.39, 0.29) is 40.9 Å². The fourth-order valence-electron chi connectivity index (χ4n) is 9.90. The Balaban J connectivity index is 1.17. The molecular weight excluding hydrogens is 472 g/mol. The Morgan fingerprint density at radius 2 is 1.66 bits per heavy atom. The molecule has 9 atom stereocenters. The highest BCUT2D eigenvalue weighted by Crippen LogP contribution is 2.66. The summed E-state index contributed by atoms with van der Waals surface area (Å²) in [7, 11) is 0. The van der Waals surface area contributed by atoms with Crippen molar-refractivity contribution in [2.75, 3.05) is 0 Å². The summed E-state index contributed by atoms with van der Waals surface area (Å²) in [5.74, 6) is 2.21. The fourth-order valence-corrected chi connectivity index (χ4v) is 9.90. The summed E-state index contributed by atoms with van der Waals surface area (Å²) in [5, 5.41) is 0. The molecule has 6 rings (SSSR count). The maximum atomic E-state index is 13.9. The Morgan fingerprint density at radius 3 is 2.45 bits per heavy atom. The molecule has 0 aliphatic heterocycles. The first-order valence-corrected chi connectivity index (χ1v) is 15.4. The van der Waals surface area contributed by atoms with Crippen molar-refractivity contribution in [3.05, 3.63) is 47.5 Å². The Bertz CT molecular complexity index is 1080. The van der Waals surface area contributed by atoms with Crippen LogP contribution in [0.2, 0.25) is 0 Å². The molecule has 4 nitrogen and oxygen atoms in total. The Kier molecular flexibility index (Phi) is 6.97. The van der Waals surface area contributed by atoms with E-state index in [0.29, 0.717) is 23.7 Å². The van der Waals surface area contributed by atoms with Crippen molar-refractivity contribution in [3.8, 4) is 0 Å². The monoisotopic (exact) mass is 518 g/mol. The normalized spacial score (nSPS) is 42.2. The van der Waals surface area contributed by atoms with Crippen LogP contribution in [-0.4, -0.2) is 24.1 Å². The quantitative estimate of drug-likeness (QED) is 0.302. The van der Waals surface area contributed by atoms with E-state index in [2.05, 4.69) is 50.3 Å². The van der Waals surface area contributed by atoms with Crippen molar-refractivity contribution in [2.24, 2.45) is 34.5 Å². The standard InChI is InChI=1S/C34H46O4/c1-22(35)37-25-17-19-33(2)24(21-25)13-14-27-28-15-16-30(34(28,3)20-18-29(27)33)32(36)38-31-12-8-7-11-26(31)23-9-5-4-6-10-23/h4-6,9-10,13,25-31H,7-8,11-12,14-21H2,1-3H3/t25-,26-,27-,28-,29-,30+,31+,33-,34-/m0/s1. The zero-order chi connectivity index (χ0) is 26.5. The summed E-state index contributed by atoms with van der Waals surface area (Å²) in [6.07, 6.45) is 15.6. The maximum Gasteiger partial charge on any atom is 0.309 e. The molecule has 1 aromatic rings. The molecule has 1 aromatic carbocycles. The van der Waals surface area contributed by atoms with Gasteiger partial charge in [0.15, 0.2) is 0 Å². The van der Waals surface area contributed by atoms with E-state index in [9.17, 15) is 9.59 Å². The summed E-state index contributed by atoms with van der Waals surface area (Å²) >= 11 is 0. The lowest BCUT2D eigenvalue weighted by Gasteiger charge is -2.58. The van der Waals surface area contributed by atoms with Crippen molar-refractivity contribution in [1.82, 2.24) is 0 Å². The van der Waals surface area contributed by atoms with Crippen LogP contribution in [-0.2, 0) is 19.1 Å². The molecule has 4 heteroatoms. The number of benzene rings is 1. The molecule has 0 saturated heterocycles. The van der Waals surface area contributed by atoms with Gasteiger partial charge in [0.2, 0.25) is 0 Å². The average Bonchev–Trinajstić information content (AvgIpc) is 3.27. The van der Waals surface area contributed by atoms with Gasteiger partial charge in [0.25, 0.3) is 0 Å². The van der Waals surface area contributed by atoms with Gasteiger partial charge in [-0.05, 0) is 98.4 Å². The molecule has 0 heterocycles. The third kappa shape index (κ3) is 4.44. The van der Waals surface area contributed by atoms with Gasteiger partial charge in [0.1, 0.15) is 12.2 Å². The van der Waals surface area contributed by atoms with Crippen molar-refractivity contribution < 1.29 is 19.1 Å². The van der Waals surface area contributed by atoms with E-state index in [1.807, 2.05) is 0 Å². The highest BCUT2D eigenvalue weighted by Gasteiger charge is 2.60. The van der Waals surface area contributed by atoms with E-state index in [0.717, 1.165) is 64.2 Å². The zero-order valence-electron chi connectivity index (χ0n) is 23.6. The summed E-state index contributed by atoms with van der Waals surface area (Å²) in [6, 6.07) is 10.7. The molecule has 0 spiro atoms. The lowest BCUT2D eigenvalue weighted by molar-refractivity contribution is -0.164. The average molecular weight is 519 g/mol. The maximum absolute atomic E-state index is 13.9. The van der Waals surface area contributed by atoms with Gasteiger partial charge in [-0.15, -0.1) is 0 Å². The Labute approximate surface area is 228 Å². The molecular formula is C34H46O4. The van der Waals surface area contributed by atoms with Gasteiger partial charge in [0.05, 0.1) is 5.92 Å². The first-order valence-electron chi connectivity index (χ1n) is 15.4. The number of allylic oxidation sites excluding steroid dienone is 1. The predicted molar refractivity (Wildman–Crippen MR) is 148 cm³/mol. The van der Waals surface area contributed by atoms with Gasteiger partial charge < -0.3 is 9.47 Å². The third-order valence-corrected chi connectivity index (χ3v) is 11.9. The first kappa shape index (κ1) is 26.1. The van der Waals surface area contributed by atoms with Crippen LogP contribution in [0.3, 0.4) is 0 Å². The zero-order valence-corrected chi connectivity index (χ0v) is 23.6. The van der Waals surface area contributed by atoms with Gasteiger partial charge in [0, 0.05) is 19.3 Å². The summed E-state index contributed by atoms with van der Waals surface area (Å²) in [5.41, 5.74) is 3.11. The minimum Gasteiger partial charge on any atom is -0.462 e. The van der Waals surface area contributed by atoms with E-state index in [1.165, 1.54) is 30.9 Å². The van der Waals surface area contributed by atoms with Crippen molar-refractivity contribution in [1.29, 1.82) is 0 Å². The number of esters is 2.